The van der Waals surface area contributed by atoms with Crippen molar-refractivity contribution in [2.24, 2.45) is 16.5 Å². The van der Waals surface area contributed by atoms with Gasteiger partial charge in [0.1, 0.15) is 5.75 Å². The molecule has 0 radical (unpaired) electrons. The Kier molecular flexibility index (Phi) is 11.2. The van der Waals surface area contributed by atoms with Crippen LogP contribution in [0.5, 0.6) is 5.75 Å². The fraction of sp³-hybridized carbons (Fsp3) is 0.640. The molecule has 0 saturated heterocycles. The number of benzene rings is 1. The average Bonchev–Trinajstić information content (AvgIpc) is 2.72. The fourth-order valence-electron chi connectivity index (χ4n) is 3.90. The fourth-order valence-corrected chi connectivity index (χ4v) is 3.90. The molecule has 4 N–H and O–H groups in total. The molecule has 1 aliphatic heterocycles. The summed E-state index contributed by atoms with van der Waals surface area (Å²) in [7, 11) is 0. The van der Waals surface area contributed by atoms with Crippen LogP contribution in [0.2, 0.25) is 0 Å². The van der Waals surface area contributed by atoms with Crippen molar-refractivity contribution in [2.45, 2.75) is 78.1 Å². The number of fused-ring (bicyclic) bond motifs is 1. The van der Waals surface area contributed by atoms with Crippen LogP contribution in [0.4, 0.5) is 5.69 Å². The number of ether oxygens (including phenoxy) is 1. The lowest BCUT2D eigenvalue weighted by Gasteiger charge is -2.31. The van der Waals surface area contributed by atoms with Crippen LogP contribution in [0.3, 0.4) is 0 Å². The summed E-state index contributed by atoms with van der Waals surface area (Å²) in [6.45, 7) is 8.06. The van der Waals surface area contributed by atoms with Crippen LogP contribution in [0.25, 0.3) is 0 Å². The lowest BCUT2D eigenvalue weighted by atomic mass is 10.0. The number of hydrogen-bond donors (Lipinski definition) is 2. The first-order chi connectivity index (χ1) is 14.6. The van der Waals surface area contributed by atoms with Crippen LogP contribution < -0.4 is 21.1 Å². The van der Waals surface area contributed by atoms with E-state index in [1.165, 1.54) is 61.8 Å². The van der Waals surface area contributed by atoms with Crippen LogP contribution in [-0.4, -0.2) is 32.2 Å². The van der Waals surface area contributed by atoms with Gasteiger partial charge in [-0.15, -0.1) is 0 Å². The zero-order valence-corrected chi connectivity index (χ0v) is 19.2. The van der Waals surface area contributed by atoms with Crippen molar-refractivity contribution >= 4 is 11.6 Å². The minimum absolute atomic E-state index is 0.203. The molecule has 0 aliphatic carbocycles. The van der Waals surface area contributed by atoms with Crippen molar-refractivity contribution in [1.82, 2.24) is 0 Å². The number of aliphatic imine (C=N–C) groups is 1. The summed E-state index contributed by atoms with van der Waals surface area (Å²) in [5.74, 6) is 1.23. The molecule has 0 bridgehead atoms. The summed E-state index contributed by atoms with van der Waals surface area (Å²) in [6, 6.07) is 6.64. The number of aryl methyl sites for hydroxylation is 1. The highest BCUT2D eigenvalue weighted by molar-refractivity contribution is 5.75. The molecule has 0 atom stereocenters. The van der Waals surface area contributed by atoms with E-state index in [9.17, 15) is 0 Å². The Morgan fingerprint density at radius 2 is 1.73 bits per heavy atom. The number of rotatable bonds is 14. The van der Waals surface area contributed by atoms with Crippen molar-refractivity contribution < 1.29 is 4.74 Å². The van der Waals surface area contributed by atoms with E-state index >= 15 is 0 Å². The molecule has 1 aromatic carbocycles. The summed E-state index contributed by atoms with van der Waals surface area (Å²) < 4.78 is 6.03. The van der Waals surface area contributed by atoms with Crippen molar-refractivity contribution in [3.8, 4) is 5.75 Å². The molecule has 2 rings (SSSR count). The molecule has 1 aromatic rings. The van der Waals surface area contributed by atoms with Crippen molar-refractivity contribution in [1.29, 1.82) is 0 Å². The van der Waals surface area contributed by atoms with Gasteiger partial charge in [-0.2, -0.15) is 0 Å². The number of nitrogens with two attached hydrogens (primary N) is 2. The van der Waals surface area contributed by atoms with Gasteiger partial charge in [-0.05, 0) is 63.3 Å². The van der Waals surface area contributed by atoms with E-state index in [4.69, 9.17) is 16.2 Å². The van der Waals surface area contributed by atoms with Gasteiger partial charge < -0.3 is 21.1 Å². The van der Waals surface area contributed by atoms with E-state index in [1.54, 1.807) is 0 Å². The predicted molar refractivity (Wildman–Crippen MR) is 130 cm³/mol. The molecule has 0 spiro atoms. The Hall–Kier alpha value is -2.17. The van der Waals surface area contributed by atoms with Crippen molar-refractivity contribution in [3.63, 3.8) is 0 Å². The normalized spacial score (nSPS) is 12.9. The highest BCUT2D eigenvalue weighted by Gasteiger charge is 2.16. The smallest absolute Gasteiger partial charge is 0.185 e. The van der Waals surface area contributed by atoms with Gasteiger partial charge in [0.15, 0.2) is 5.96 Å². The van der Waals surface area contributed by atoms with E-state index in [2.05, 4.69) is 48.0 Å². The Bertz CT molecular complexity index is 676. The van der Waals surface area contributed by atoms with Crippen molar-refractivity contribution in [3.05, 3.63) is 35.4 Å². The minimum Gasteiger partial charge on any atom is -0.494 e. The summed E-state index contributed by atoms with van der Waals surface area (Å²) in [5.41, 5.74) is 14.8. The number of allylic oxidation sites excluding steroid dienone is 1. The molecular formula is C25H42N4O. The molecule has 0 aromatic heterocycles. The van der Waals surface area contributed by atoms with Crippen LogP contribution in [0.15, 0.2) is 34.8 Å². The van der Waals surface area contributed by atoms with Gasteiger partial charge >= 0.3 is 0 Å². The van der Waals surface area contributed by atoms with E-state index in [-0.39, 0.29) is 5.96 Å². The Morgan fingerprint density at radius 3 is 2.43 bits per heavy atom. The molecular weight excluding hydrogens is 372 g/mol. The standard InChI is InChI=1S/C25H42N4O/c1-21(2)15-18-29-17-11-12-22-20-23(13-14-24(22)29)30-19-10-8-6-4-3-5-7-9-16-28-25(26)27/h13-15,20H,3-12,16-19H2,1-2H3,(H4,26,27,28). The van der Waals surface area contributed by atoms with Gasteiger partial charge in [-0.25, -0.2) is 0 Å². The second kappa shape index (κ2) is 13.9. The second-order valence-electron chi connectivity index (χ2n) is 8.61. The largest absolute Gasteiger partial charge is 0.494 e. The average molecular weight is 415 g/mol. The van der Waals surface area contributed by atoms with E-state index in [1.807, 2.05) is 0 Å². The van der Waals surface area contributed by atoms with E-state index in [0.717, 1.165) is 51.3 Å². The molecule has 0 amide bonds. The van der Waals surface area contributed by atoms with Crippen LogP contribution in [-0.2, 0) is 6.42 Å². The monoisotopic (exact) mass is 414 g/mol. The van der Waals surface area contributed by atoms with Gasteiger partial charge in [-0.1, -0.05) is 50.2 Å². The molecule has 30 heavy (non-hydrogen) atoms. The van der Waals surface area contributed by atoms with Crippen LogP contribution >= 0.6 is 0 Å². The Balaban J connectivity index is 1.57. The molecule has 0 fully saturated rings. The number of guanidine groups is 1. The van der Waals surface area contributed by atoms with Gasteiger partial charge in [0.25, 0.3) is 0 Å². The molecule has 168 valence electrons. The SMILES string of the molecule is CC(C)=CCN1CCCc2cc(OCCCCCCCCCCN=C(N)N)ccc21. The van der Waals surface area contributed by atoms with E-state index in [0.29, 0.717) is 0 Å². The molecule has 0 unspecified atom stereocenters. The maximum atomic E-state index is 6.03. The maximum absolute atomic E-state index is 6.03. The second-order valence-corrected chi connectivity index (χ2v) is 8.61. The Labute approximate surface area is 183 Å². The quantitative estimate of drug-likeness (QED) is 0.190. The molecule has 1 heterocycles. The molecule has 5 nitrogen and oxygen atoms in total. The van der Waals surface area contributed by atoms with Gasteiger partial charge in [0.2, 0.25) is 0 Å². The molecule has 0 saturated carbocycles. The predicted octanol–water partition coefficient (Wildman–Crippen LogP) is 5.18. The third kappa shape index (κ3) is 9.55. The summed E-state index contributed by atoms with van der Waals surface area (Å²) >= 11 is 0. The third-order valence-electron chi connectivity index (χ3n) is 5.60. The van der Waals surface area contributed by atoms with Gasteiger partial charge in [-0.3, -0.25) is 4.99 Å². The third-order valence-corrected chi connectivity index (χ3v) is 5.60. The highest BCUT2D eigenvalue weighted by Crippen LogP contribution is 2.30. The number of hydrogen-bond acceptors (Lipinski definition) is 3. The van der Waals surface area contributed by atoms with Gasteiger partial charge in [0.05, 0.1) is 6.61 Å². The summed E-state index contributed by atoms with van der Waals surface area (Å²) in [5, 5.41) is 0. The number of unbranched alkanes of at least 4 members (excludes halogenated alkanes) is 7. The minimum atomic E-state index is 0.203. The van der Waals surface area contributed by atoms with Crippen LogP contribution in [0.1, 0.15) is 77.2 Å². The molecule has 5 heteroatoms. The van der Waals surface area contributed by atoms with Crippen LogP contribution in [0, 0.1) is 0 Å². The number of nitrogens with zero attached hydrogens (tertiary/aromatic N) is 2. The first-order valence-electron chi connectivity index (χ1n) is 11.8. The first-order valence-corrected chi connectivity index (χ1v) is 11.8. The zero-order chi connectivity index (χ0) is 21.6. The lowest BCUT2D eigenvalue weighted by Crippen LogP contribution is -2.29. The van der Waals surface area contributed by atoms with Crippen molar-refractivity contribution in [2.75, 3.05) is 31.1 Å². The number of anilines is 1. The Morgan fingerprint density at radius 1 is 1.03 bits per heavy atom. The molecule has 1 aliphatic rings. The maximum Gasteiger partial charge on any atom is 0.185 e. The first kappa shape index (κ1) is 24.1. The highest BCUT2D eigenvalue weighted by atomic mass is 16.5. The zero-order valence-electron chi connectivity index (χ0n) is 19.2. The van der Waals surface area contributed by atoms with Gasteiger partial charge in [0, 0.05) is 25.3 Å². The van der Waals surface area contributed by atoms with E-state index < -0.39 is 0 Å². The lowest BCUT2D eigenvalue weighted by molar-refractivity contribution is 0.304. The topological polar surface area (TPSA) is 76.9 Å². The summed E-state index contributed by atoms with van der Waals surface area (Å²) in [6.07, 6.45) is 14.5. The summed E-state index contributed by atoms with van der Waals surface area (Å²) in [4.78, 5) is 6.50.